The SMILES string of the molecule is COc1ccc(-c2n[nH]c(=O)c3c2[C@H](c2ccc(O)cc2)n2nnnc2N3)cc1. The average Bonchev–Trinajstić information content (AvgIpc) is 3.22. The first-order chi connectivity index (χ1) is 14.2. The predicted molar refractivity (Wildman–Crippen MR) is 103 cm³/mol. The van der Waals surface area contributed by atoms with Gasteiger partial charge in [-0.2, -0.15) is 9.78 Å². The monoisotopic (exact) mass is 389 g/mol. The molecule has 1 aliphatic heterocycles. The summed E-state index contributed by atoms with van der Waals surface area (Å²) in [5.41, 5.74) is 2.74. The highest BCUT2D eigenvalue weighted by atomic mass is 16.5. The number of anilines is 2. The number of benzene rings is 2. The Morgan fingerprint density at radius 1 is 1.10 bits per heavy atom. The molecule has 0 bridgehead atoms. The Labute approximate surface area is 163 Å². The molecule has 1 aliphatic rings. The lowest BCUT2D eigenvalue weighted by molar-refractivity contribution is 0.415. The van der Waals surface area contributed by atoms with Crippen molar-refractivity contribution in [3.05, 3.63) is 70.0 Å². The maximum atomic E-state index is 12.6. The number of hydrogen-bond acceptors (Lipinski definition) is 8. The first-order valence-corrected chi connectivity index (χ1v) is 8.76. The Kier molecular flexibility index (Phi) is 3.76. The number of fused-ring (bicyclic) bond motifs is 2. The number of phenolic OH excluding ortho intramolecular Hbond substituents is 1. The zero-order valence-electron chi connectivity index (χ0n) is 15.2. The number of nitrogens with zero attached hydrogens (tertiary/aromatic N) is 5. The molecule has 2 aromatic carbocycles. The summed E-state index contributed by atoms with van der Waals surface area (Å²) in [5, 5.41) is 31.4. The van der Waals surface area contributed by atoms with Gasteiger partial charge < -0.3 is 15.2 Å². The van der Waals surface area contributed by atoms with Gasteiger partial charge in [-0.15, -0.1) is 0 Å². The van der Waals surface area contributed by atoms with Gasteiger partial charge in [0.1, 0.15) is 23.2 Å². The number of ether oxygens (including phenoxy) is 1. The van der Waals surface area contributed by atoms with Gasteiger partial charge >= 0.3 is 0 Å². The van der Waals surface area contributed by atoms with Crippen molar-refractivity contribution in [1.29, 1.82) is 0 Å². The summed E-state index contributed by atoms with van der Waals surface area (Å²) in [7, 11) is 1.60. The second-order valence-corrected chi connectivity index (χ2v) is 6.48. The number of aromatic amines is 1. The third-order valence-electron chi connectivity index (χ3n) is 4.84. The number of phenols is 1. The Morgan fingerprint density at radius 3 is 2.59 bits per heavy atom. The van der Waals surface area contributed by atoms with Crippen LogP contribution in [-0.2, 0) is 0 Å². The molecule has 0 saturated carbocycles. The third kappa shape index (κ3) is 2.69. The molecule has 3 N–H and O–H groups in total. The van der Waals surface area contributed by atoms with E-state index in [2.05, 4.69) is 31.0 Å². The highest BCUT2D eigenvalue weighted by molar-refractivity contribution is 5.75. The number of tetrazole rings is 1. The number of aromatic nitrogens is 6. The predicted octanol–water partition coefficient (Wildman–Crippen LogP) is 1.83. The molecule has 5 rings (SSSR count). The molecule has 4 aromatic rings. The molecule has 1 atom stereocenters. The zero-order chi connectivity index (χ0) is 20.0. The molecule has 0 radical (unpaired) electrons. The fourth-order valence-corrected chi connectivity index (χ4v) is 3.47. The number of hydrogen-bond donors (Lipinski definition) is 3. The number of rotatable bonds is 3. The minimum absolute atomic E-state index is 0.138. The van der Waals surface area contributed by atoms with E-state index >= 15 is 0 Å². The van der Waals surface area contributed by atoms with Gasteiger partial charge in [0.2, 0.25) is 5.95 Å². The van der Waals surface area contributed by atoms with Crippen LogP contribution in [0.15, 0.2) is 53.3 Å². The van der Waals surface area contributed by atoms with Gasteiger partial charge in [-0.25, -0.2) is 5.10 Å². The third-order valence-corrected chi connectivity index (χ3v) is 4.84. The maximum Gasteiger partial charge on any atom is 0.288 e. The molecule has 0 amide bonds. The van der Waals surface area contributed by atoms with Gasteiger partial charge in [-0.1, -0.05) is 17.2 Å². The number of methoxy groups -OCH3 is 1. The first kappa shape index (κ1) is 16.9. The Bertz CT molecular complexity index is 1250. The van der Waals surface area contributed by atoms with Gasteiger partial charge in [-0.3, -0.25) is 4.79 Å². The molecule has 0 saturated heterocycles. The van der Waals surface area contributed by atoms with Gasteiger partial charge in [0.25, 0.3) is 5.56 Å². The van der Waals surface area contributed by atoms with E-state index in [9.17, 15) is 9.90 Å². The molecule has 0 unspecified atom stereocenters. The number of aromatic hydroxyl groups is 1. The minimum Gasteiger partial charge on any atom is -0.508 e. The van der Waals surface area contributed by atoms with Crippen LogP contribution in [0.2, 0.25) is 0 Å². The lowest BCUT2D eigenvalue weighted by Crippen LogP contribution is -2.29. The maximum absolute atomic E-state index is 12.6. The van der Waals surface area contributed by atoms with E-state index in [0.717, 1.165) is 11.1 Å². The van der Waals surface area contributed by atoms with Crippen molar-refractivity contribution >= 4 is 11.6 Å². The Balaban J connectivity index is 1.78. The average molecular weight is 389 g/mol. The van der Waals surface area contributed by atoms with Crippen molar-refractivity contribution in [3.63, 3.8) is 0 Å². The van der Waals surface area contributed by atoms with E-state index in [1.807, 2.05) is 24.3 Å². The molecule has 2 aromatic heterocycles. The normalized spacial score (nSPS) is 14.6. The van der Waals surface area contributed by atoms with Crippen LogP contribution in [0.5, 0.6) is 11.5 Å². The second-order valence-electron chi connectivity index (χ2n) is 6.48. The van der Waals surface area contributed by atoms with E-state index < -0.39 is 6.04 Å². The molecule has 0 fully saturated rings. The van der Waals surface area contributed by atoms with Gasteiger partial charge in [0, 0.05) is 11.1 Å². The van der Waals surface area contributed by atoms with Gasteiger partial charge in [-0.05, 0) is 52.4 Å². The lowest BCUT2D eigenvalue weighted by atomic mass is 9.92. The van der Waals surface area contributed by atoms with Crippen molar-refractivity contribution in [2.75, 3.05) is 12.4 Å². The molecular formula is C19H15N7O3. The topological polar surface area (TPSA) is 131 Å². The number of nitrogens with one attached hydrogen (secondary N) is 2. The highest BCUT2D eigenvalue weighted by Gasteiger charge is 2.34. The van der Waals surface area contributed by atoms with Crippen molar-refractivity contribution in [2.45, 2.75) is 6.04 Å². The van der Waals surface area contributed by atoms with E-state index in [-0.39, 0.29) is 11.3 Å². The van der Waals surface area contributed by atoms with Crippen molar-refractivity contribution in [2.24, 2.45) is 0 Å². The Hall–Kier alpha value is -4.21. The van der Waals surface area contributed by atoms with E-state index in [1.165, 1.54) is 0 Å². The molecule has 144 valence electrons. The summed E-state index contributed by atoms with van der Waals surface area (Å²) in [5.74, 6) is 1.19. The smallest absolute Gasteiger partial charge is 0.288 e. The van der Waals surface area contributed by atoms with Crippen molar-refractivity contribution in [3.8, 4) is 22.8 Å². The van der Waals surface area contributed by atoms with Crippen molar-refractivity contribution < 1.29 is 9.84 Å². The van der Waals surface area contributed by atoms with Crippen molar-refractivity contribution in [1.82, 2.24) is 30.4 Å². The summed E-state index contributed by atoms with van der Waals surface area (Å²) in [6.45, 7) is 0. The van der Waals surface area contributed by atoms with E-state index in [4.69, 9.17) is 4.74 Å². The summed E-state index contributed by atoms with van der Waals surface area (Å²) in [6, 6.07) is 13.5. The molecule has 10 nitrogen and oxygen atoms in total. The summed E-state index contributed by atoms with van der Waals surface area (Å²) in [6.07, 6.45) is 0. The van der Waals surface area contributed by atoms with Crippen LogP contribution >= 0.6 is 0 Å². The molecular weight excluding hydrogens is 374 g/mol. The second kappa shape index (κ2) is 6.44. The molecule has 29 heavy (non-hydrogen) atoms. The standard InChI is InChI=1S/C19H15N7O3/c1-29-13-8-4-10(5-9-13)15-14-16(18(28)22-21-15)20-19-23-24-25-26(19)17(14)11-2-6-12(27)7-3-11/h2-9,17,27H,1H3,(H,22,28)(H,20,23,25)/t17-/m0/s1. The zero-order valence-corrected chi connectivity index (χ0v) is 15.2. The summed E-state index contributed by atoms with van der Waals surface area (Å²) < 4.78 is 6.82. The summed E-state index contributed by atoms with van der Waals surface area (Å²) in [4.78, 5) is 12.6. The van der Waals surface area contributed by atoms with Gasteiger partial charge in [0.05, 0.1) is 12.8 Å². The molecule has 0 spiro atoms. The van der Waals surface area contributed by atoms with Crippen LogP contribution in [0.4, 0.5) is 11.6 Å². The lowest BCUT2D eigenvalue weighted by Gasteiger charge is -2.27. The van der Waals surface area contributed by atoms with Crippen LogP contribution < -0.4 is 15.6 Å². The minimum atomic E-state index is -0.510. The first-order valence-electron chi connectivity index (χ1n) is 8.76. The number of H-pyrrole nitrogens is 1. The Morgan fingerprint density at radius 2 is 1.86 bits per heavy atom. The molecule has 10 heteroatoms. The largest absolute Gasteiger partial charge is 0.508 e. The van der Waals surface area contributed by atoms with Crippen LogP contribution in [0, 0.1) is 0 Å². The highest BCUT2D eigenvalue weighted by Crippen LogP contribution is 2.41. The van der Waals surface area contributed by atoms with E-state index in [0.29, 0.717) is 28.6 Å². The molecule has 3 heterocycles. The quantitative estimate of drug-likeness (QED) is 0.426. The van der Waals surface area contributed by atoms with Crippen LogP contribution in [0.25, 0.3) is 11.3 Å². The fourth-order valence-electron chi connectivity index (χ4n) is 3.47. The van der Waals surface area contributed by atoms with Crippen LogP contribution in [-0.4, -0.2) is 42.6 Å². The molecule has 0 aliphatic carbocycles. The van der Waals surface area contributed by atoms with E-state index in [1.54, 1.807) is 36.1 Å². The van der Waals surface area contributed by atoms with Crippen LogP contribution in [0.3, 0.4) is 0 Å². The van der Waals surface area contributed by atoms with Crippen LogP contribution in [0.1, 0.15) is 17.2 Å². The van der Waals surface area contributed by atoms with Gasteiger partial charge in [0.15, 0.2) is 0 Å². The summed E-state index contributed by atoms with van der Waals surface area (Å²) >= 11 is 0. The fraction of sp³-hybridized carbons (Fsp3) is 0.105.